The summed E-state index contributed by atoms with van der Waals surface area (Å²) in [6.07, 6.45) is 2.43. The maximum atomic E-state index is 5.58. The average molecular weight is 214 g/mol. The zero-order valence-corrected chi connectivity index (χ0v) is 9.94. The molecule has 2 aromatic rings. The number of fused-ring (bicyclic) bond motifs is 1. The van der Waals surface area contributed by atoms with Crippen LogP contribution in [0.1, 0.15) is 31.4 Å². The van der Waals surface area contributed by atoms with Gasteiger partial charge in [0.15, 0.2) is 0 Å². The van der Waals surface area contributed by atoms with E-state index in [0.29, 0.717) is 0 Å². The normalized spacial score (nSPS) is 12.9. The Morgan fingerprint density at radius 2 is 1.81 bits per heavy atom. The first kappa shape index (κ1) is 11.2. The summed E-state index contributed by atoms with van der Waals surface area (Å²) in [7, 11) is 1.79. The van der Waals surface area contributed by atoms with E-state index in [-0.39, 0.29) is 6.10 Å². The molecular formula is C15H18O. The van der Waals surface area contributed by atoms with Crippen LogP contribution in [0.4, 0.5) is 0 Å². The second kappa shape index (κ2) is 5.13. The van der Waals surface area contributed by atoms with Crippen molar-refractivity contribution in [3.05, 3.63) is 48.0 Å². The first-order chi connectivity index (χ1) is 7.86. The van der Waals surface area contributed by atoms with Crippen LogP contribution < -0.4 is 0 Å². The topological polar surface area (TPSA) is 9.23 Å². The second-order valence-electron chi connectivity index (χ2n) is 4.08. The molecule has 0 amide bonds. The minimum Gasteiger partial charge on any atom is -0.377 e. The Hall–Kier alpha value is -1.34. The van der Waals surface area contributed by atoms with Crippen LogP contribution in [-0.2, 0) is 4.74 Å². The van der Waals surface area contributed by atoms with Crippen LogP contribution in [-0.4, -0.2) is 7.11 Å². The van der Waals surface area contributed by atoms with Gasteiger partial charge >= 0.3 is 0 Å². The summed E-state index contributed by atoms with van der Waals surface area (Å²) in [6.45, 7) is 2.19. The van der Waals surface area contributed by atoms with Crippen molar-refractivity contribution in [2.75, 3.05) is 7.11 Å². The van der Waals surface area contributed by atoms with Gasteiger partial charge in [0, 0.05) is 7.11 Å². The lowest BCUT2D eigenvalue weighted by molar-refractivity contribution is 0.0962. The van der Waals surface area contributed by atoms with Crippen molar-refractivity contribution in [1.82, 2.24) is 0 Å². The molecule has 84 valence electrons. The van der Waals surface area contributed by atoms with Crippen molar-refractivity contribution in [2.24, 2.45) is 0 Å². The summed E-state index contributed by atoms with van der Waals surface area (Å²) >= 11 is 0. The molecule has 0 aliphatic rings. The van der Waals surface area contributed by atoms with E-state index < -0.39 is 0 Å². The largest absolute Gasteiger partial charge is 0.377 e. The van der Waals surface area contributed by atoms with Gasteiger partial charge in [-0.1, -0.05) is 55.8 Å². The monoisotopic (exact) mass is 214 g/mol. The van der Waals surface area contributed by atoms with Gasteiger partial charge in [-0.15, -0.1) is 0 Å². The van der Waals surface area contributed by atoms with Crippen molar-refractivity contribution < 1.29 is 4.74 Å². The molecule has 0 saturated heterocycles. The number of benzene rings is 2. The Morgan fingerprint density at radius 1 is 1.06 bits per heavy atom. The Morgan fingerprint density at radius 3 is 2.56 bits per heavy atom. The van der Waals surface area contributed by atoms with Gasteiger partial charge in [-0.05, 0) is 22.8 Å². The van der Waals surface area contributed by atoms with Gasteiger partial charge in [0.2, 0.25) is 0 Å². The van der Waals surface area contributed by atoms with Crippen molar-refractivity contribution in [3.8, 4) is 0 Å². The van der Waals surface area contributed by atoms with Gasteiger partial charge in [0.05, 0.1) is 6.10 Å². The summed E-state index contributed by atoms with van der Waals surface area (Å²) in [5, 5.41) is 2.60. The Bertz CT molecular complexity index is 456. The molecule has 0 heterocycles. The van der Waals surface area contributed by atoms with E-state index in [9.17, 15) is 0 Å². The predicted octanol–water partition coefficient (Wildman–Crippen LogP) is 4.33. The molecule has 1 nitrogen and oxygen atoms in total. The summed E-state index contributed by atoms with van der Waals surface area (Å²) in [5.41, 5.74) is 1.31. The predicted molar refractivity (Wildman–Crippen MR) is 68.6 cm³/mol. The second-order valence-corrected chi connectivity index (χ2v) is 4.08. The first-order valence-corrected chi connectivity index (χ1v) is 5.87. The lowest BCUT2D eigenvalue weighted by Crippen LogP contribution is -2.01. The third-order valence-electron chi connectivity index (χ3n) is 3.01. The molecule has 1 atom stereocenters. The fourth-order valence-corrected chi connectivity index (χ4v) is 2.19. The number of hydrogen-bond acceptors (Lipinski definition) is 1. The summed E-state index contributed by atoms with van der Waals surface area (Å²) in [5.74, 6) is 0. The van der Waals surface area contributed by atoms with Gasteiger partial charge < -0.3 is 4.74 Å². The lowest BCUT2D eigenvalue weighted by atomic mass is 9.98. The highest BCUT2D eigenvalue weighted by atomic mass is 16.5. The van der Waals surface area contributed by atoms with Crippen molar-refractivity contribution in [3.63, 3.8) is 0 Å². The number of hydrogen-bond donors (Lipinski definition) is 0. The fourth-order valence-electron chi connectivity index (χ4n) is 2.19. The van der Waals surface area contributed by atoms with Gasteiger partial charge in [-0.25, -0.2) is 0 Å². The molecule has 1 unspecified atom stereocenters. The molecule has 1 heteroatoms. The van der Waals surface area contributed by atoms with Gasteiger partial charge in [-0.3, -0.25) is 0 Å². The highest BCUT2D eigenvalue weighted by Gasteiger charge is 2.11. The maximum Gasteiger partial charge on any atom is 0.0827 e. The molecule has 0 aliphatic heterocycles. The van der Waals surface area contributed by atoms with Crippen molar-refractivity contribution in [1.29, 1.82) is 0 Å². The van der Waals surface area contributed by atoms with E-state index in [1.165, 1.54) is 16.3 Å². The Labute approximate surface area is 97.1 Å². The number of methoxy groups -OCH3 is 1. The van der Waals surface area contributed by atoms with E-state index in [0.717, 1.165) is 12.8 Å². The van der Waals surface area contributed by atoms with E-state index in [1.54, 1.807) is 7.11 Å². The van der Waals surface area contributed by atoms with E-state index >= 15 is 0 Å². The minimum absolute atomic E-state index is 0.219. The zero-order valence-electron chi connectivity index (χ0n) is 9.94. The summed E-state index contributed by atoms with van der Waals surface area (Å²) < 4.78 is 5.58. The van der Waals surface area contributed by atoms with Crippen LogP contribution >= 0.6 is 0 Å². The van der Waals surface area contributed by atoms with Crippen LogP contribution in [0, 0.1) is 0 Å². The number of ether oxygens (including phenoxy) is 1. The third-order valence-corrected chi connectivity index (χ3v) is 3.01. The average Bonchev–Trinajstić information content (AvgIpc) is 2.35. The summed E-state index contributed by atoms with van der Waals surface area (Å²) in [4.78, 5) is 0. The Kier molecular flexibility index (Phi) is 3.58. The summed E-state index contributed by atoms with van der Waals surface area (Å²) in [6, 6.07) is 14.9. The SMILES string of the molecule is CCCC(OC)c1cccc2ccccc12. The quantitative estimate of drug-likeness (QED) is 0.736. The fraction of sp³-hybridized carbons (Fsp3) is 0.333. The molecule has 2 rings (SSSR count). The molecule has 0 bridgehead atoms. The van der Waals surface area contributed by atoms with Crippen LogP contribution in [0.15, 0.2) is 42.5 Å². The van der Waals surface area contributed by atoms with Crippen LogP contribution in [0.25, 0.3) is 10.8 Å². The molecule has 2 aromatic carbocycles. The highest BCUT2D eigenvalue weighted by molar-refractivity contribution is 5.85. The lowest BCUT2D eigenvalue weighted by Gasteiger charge is -2.17. The highest BCUT2D eigenvalue weighted by Crippen LogP contribution is 2.28. The molecule has 0 spiro atoms. The van der Waals surface area contributed by atoms with Gasteiger partial charge in [0.25, 0.3) is 0 Å². The molecule has 0 N–H and O–H groups in total. The van der Waals surface area contributed by atoms with E-state index in [4.69, 9.17) is 4.74 Å². The smallest absolute Gasteiger partial charge is 0.0827 e. The molecule has 0 aliphatic carbocycles. The van der Waals surface area contributed by atoms with E-state index in [2.05, 4.69) is 49.4 Å². The van der Waals surface area contributed by atoms with Crippen LogP contribution in [0.5, 0.6) is 0 Å². The molecule has 0 radical (unpaired) electrons. The Balaban J connectivity index is 2.50. The standard InChI is InChI=1S/C15H18O/c1-3-7-15(16-2)14-11-6-9-12-8-4-5-10-13(12)14/h4-6,8-11,15H,3,7H2,1-2H3. The first-order valence-electron chi connectivity index (χ1n) is 5.87. The van der Waals surface area contributed by atoms with Crippen molar-refractivity contribution in [2.45, 2.75) is 25.9 Å². The van der Waals surface area contributed by atoms with Crippen molar-refractivity contribution >= 4 is 10.8 Å². The maximum absolute atomic E-state index is 5.58. The molecule has 0 aromatic heterocycles. The zero-order chi connectivity index (χ0) is 11.4. The van der Waals surface area contributed by atoms with Gasteiger partial charge in [0.1, 0.15) is 0 Å². The molecule has 16 heavy (non-hydrogen) atoms. The molecular weight excluding hydrogens is 196 g/mol. The number of rotatable bonds is 4. The third kappa shape index (κ3) is 2.10. The van der Waals surface area contributed by atoms with Crippen LogP contribution in [0.2, 0.25) is 0 Å². The van der Waals surface area contributed by atoms with E-state index in [1.807, 2.05) is 0 Å². The van der Waals surface area contributed by atoms with Crippen LogP contribution in [0.3, 0.4) is 0 Å². The van der Waals surface area contributed by atoms with Gasteiger partial charge in [-0.2, -0.15) is 0 Å². The minimum atomic E-state index is 0.219. The molecule has 0 saturated carbocycles. The molecule has 0 fully saturated rings.